The molecule has 1 unspecified atom stereocenters. The Bertz CT molecular complexity index is 683. The van der Waals surface area contributed by atoms with Gasteiger partial charge in [-0.15, -0.1) is 0 Å². The van der Waals surface area contributed by atoms with Crippen LogP contribution in [0.1, 0.15) is 51.8 Å². The smallest absolute Gasteiger partial charge is 0.407 e. The summed E-state index contributed by atoms with van der Waals surface area (Å²) in [6.45, 7) is 7.09. The molecule has 0 aliphatic carbocycles. The Morgan fingerprint density at radius 1 is 1.31 bits per heavy atom. The van der Waals surface area contributed by atoms with Gasteiger partial charge in [-0.05, 0) is 52.0 Å². The van der Waals surface area contributed by atoms with E-state index in [2.05, 4.69) is 10.3 Å². The van der Waals surface area contributed by atoms with Crippen LogP contribution in [0.5, 0.6) is 5.88 Å². The van der Waals surface area contributed by atoms with Gasteiger partial charge < -0.3 is 29.9 Å². The number of likely N-dealkylation sites (tertiary alicyclic amines) is 1. The van der Waals surface area contributed by atoms with Gasteiger partial charge in [0.05, 0.1) is 18.4 Å². The van der Waals surface area contributed by atoms with Crippen LogP contribution >= 0.6 is 0 Å². The standard InChI is InChI=1S/C20H31N3O6/c1-20(2,3)29-18(25)21-10-7-16(24)15-5-4-6-17(22-15)28-13-14-8-11-23(12-9-14)19(26)27/h4-6,14,16,24H,7-13H2,1-3H3,(H,21,25)(H,26,27). The number of piperidine rings is 1. The second-order valence-corrected chi connectivity index (χ2v) is 8.16. The van der Waals surface area contributed by atoms with E-state index in [9.17, 15) is 14.7 Å². The van der Waals surface area contributed by atoms with Gasteiger partial charge in [-0.3, -0.25) is 0 Å². The monoisotopic (exact) mass is 409 g/mol. The number of carbonyl (C=O) groups excluding carboxylic acids is 1. The highest BCUT2D eigenvalue weighted by Gasteiger charge is 2.23. The predicted octanol–water partition coefficient (Wildman–Crippen LogP) is 2.80. The molecule has 9 heteroatoms. The molecule has 1 aromatic rings. The quantitative estimate of drug-likeness (QED) is 0.633. The number of nitrogens with one attached hydrogen (secondary N) is 1. The predicted molar refractivity (Wildman–Crippen MR) is 106 cm³/mol. The van der Waals surface area contributed by atoms with Gasteiger partial charge in [0.1, 0.15) is 5.60 Å². The van der Waals surface area contributed by atoms with Crippen LogP contribution in [0.25, 0.3) is 0 Å². The lowest BCUT2D eigenvalue weighted by atomic mass is 9.98. The number of amides is 2. The molecule has 1 aromatic heterocycles. The summed E-state index contributed by atoms with van der Waals surface area (Å²) in [5.41, 5.74) is -0.102. The maximum Gasteiger partial charge on any atom is 0.407 e. The van der Waals surface area contributed by atoms with Gasteiger partial charge in [-0.25, -0.2) is 14.6 Å². The molecule has 2 heterocycles. The van der Waals surface area contributed by atoms with E-state index >= 15 is 0 Å². The number of aliphatic hydroxyl groups is 1. The van der Waals surface area contributed by atoms with Crippen LogP contribution in [-0.2, 0) is 4.74 Å². The van der Waals surface area contributed by atoms with Crippen molar-refractivity contribution < 1.29 is 29.3 Å². The summed E-state index contributed by atoms with van der Waals surface area (Å²) in [5, 5.41) is 21.9. The van der Waals surface area contributed by atoms with Crippen LogP contribution in [0.2, 0.25) is 0 Å². The number of aromatic nitrogens is 1. The number of aliphatic hydroxyl groups excluding tert-OH is 1. The van der Waals surface area contributed by atoms with E-state index in [1.54, 1.807) is 39.0 Å². The highest BCUT2D eigenvalue weighted by atomic mass is 16.6. The topological polar surface area (TPSA) is 121 Å². The molecule has 1 aliphatic rings. The number of alkyl carbamates (subject to hydrolysis) is 1. The third-order valence-corrected chi connectivity index (χ3v) is 4.52. The fraction of sp³-hybridized carbons (Fsp3) is 0.650. The number of carbonyl (C=O) groups is 2. The summed E-state index contributed by atoms with van der Waals surface area (Å²) in [7, 11) is 0. The number of carboxylic acid groups (broad SMARTS) is 1. The van der Waals surface area contributed by atoms with E-state index < -0.39 is 23.9 Å². The third kappa shape index (κ3) is 8.15. The van der Waals surface area contributed by atoms with E-state index in [0.717, 1.165) is 12.8 Å². The molecule has 2 amide bonds. The molecule has 162 valence electrons. The molecule has 29 heavy (non-hydrogen) atoms. The van der Waals surface area contributed by atoms with E-state index in [1.807, 2.05) is 0 Å². The van der Waals surface area contributed by atoms with E-state index in [-0.39, 0.29) is 12.5 Å². The molecule has 1 atom stereocenters. The second-order valence-electron chi connectivity index (χ2n) is 8.16. The molecule has 0 spiro atoms. The average molecular weight is 409 g/mol. The van der Waals surface area contributed by atoms with Gasteiger partial charge in [-0.2, -0.15) is 0 Å². The van der Waals surface area contributed by atoms with Crippen LogP contribution in [0.4, 0.5) is 9.59 Å². The fourth-order valence-corrected chi connectivity index (χ4v) is 2.96. The second kappa shape index (κ2) is 10.3. The van der Waals surface area contributed by atoms with Crippen molar-refractivity contribution in [2.75, 3.05) is 26.2 Å². The minimum absolute atomic E-state index is 0.255. The van der Waals surface area contributed by atoms with Crippen molar-refractivity contribution >= 4 is 12.2 Å². The van der Waals surface area contributed by atoms with Gasteiger partial charge >= 0.3 is 12.2 Å². The molecule has 1 saturated heterocycles. The Morgan fingerprint density at radius 2 is 2.00 bits per heavy atom. The number of hydrogen-bond donors (Lipinski definition) is 3. The van der Waals surface area contributed by atoms with Crippen molar-refractivity contribution in [3.8, 4) is 5.88 Å². The van der Waals surface area contributed by atoms with Crippen LogP contribution in [0.15, 0.2) is 18.2 Å². The molecule has 3 N–H and O–H groups in total. The number of pyridine rings is 1. The average Bonchev–Trinajstić information content (AvgIpc) is 2.65. The summed E-state index contributed by atoms with van der Waals surface area (Å²) < 4.78 is 10.9. The summed E-state index contributed by atoms with van der Waals surface area (Å²) in [5.74, 6) is 0.696. The lowest BCUT2D eigenvalue weighted by Gasteiger charge is -2.29. The lowest BCUT2D eigenvalue weighted by Crippen LogP contribution is -2.38. The van der Waals surface area contributed by atoms with Crippen molar-refractivity contribution in [1.82, 2.24) is 15.2 Å². The number of rotatable bonds is 7. The lowest BCUT2D eigenvalue weighted by molar-refractivity contribution is 0.0517. The maximum absolute atomic E-state index is 11.6. The zero-order valence-electron chi connectivity index (χ0n) is 17.3. The van der Waals surface area contributed by atoms with Crippen molar-refractivity contribution in [3.05, 3.63) is 23.9 Å². The van der Waals surface area contributed by atoms with Crippen LogP contribution < -0.4 is 10.1 Å². The first kappa shape index (κ1) is 22.7. The molecule has 1 aliphatic heterocycles. The number of nitrogens with zero attached hydrogens (tertiary/aromatic N) is 2. The molecule has 0 saturated carbocycles. The summed E-state index contributed by atoms with van der Waals surface area (Å²) >= 11 is 0. The first-order valence-corrected chi connectivity index (χ1v) is 9.86. The summed E-state index contributed by atoms with van der Waals surface area (Å²) in [6.07, 6.45) is -0.441. The van der Waals surface area contributed by atoms with Gasteiger partial charge in [-0.1, -0.05) is 6.07 Å². The van der Waals surface area contributed by atoms with Crippen molar-refractivity contribution in [3.63, 3.8) is 0 Å². The van der Waals surface area contributed by atoms with E-state index in [1.165, 1.54) is 4.90 Å². The normalized spacial score (nSPS) is 16.2. The van der Waals surface area contributed by atoms with Crippen molar-refractivity contribution in [2.24, 2.45) is 5.92 Å². The SMILES string of the molecule is CC(C)(C)OC(=O)NCCC(O)c1cccc(OCC2CCN(C(=O)O)CC2)n1. The van der Waals surface area contributed by atoms with Gasteiger partial charge in [0.25, 0.3) is 0 Å². The Labute approximate surface area is 171 Å². The van der Waals surface area contributed by atoms with Crippen LogP contribution in [-0.4, -0.2) is 64.1 Å². The number of hydrogen-bond acceptors (Lipinski definition) is 6. The minimum Gasteiger partial charge on any atom is -0.477 e. The Hall–Kier alpha value is -2.55. The summed E-state index contributed by atoms with van der Waals surface area (Å²) in [4.78, 5) is 28.3. The van der Waals surface area contributed by atoms with Crippen LogP contribution in [0.3, 0.4) is 0 Å². The Balaban J connectivity index is 1.75. The highest BCUT2D eigenvalue weighted by Crippen LogP contribution is 2.21. The molecule has 0 bridgehead atoms. The summed E-state index contributed by atoms with van der Waals surface area (Å²) in [6, 6.07) is 5.19. The maximum atomic E-state index is 11.6. The minimum atomic E-state index is -0.881. The van der Waals surface area contributed by atoms with Gasteiger partial charge in [0.2, 0.25) is 5.88 Å². The molecule has 0 aromatic carbocycles. The zero-order chi connectivity index (χ0) is 21.4. The Morgan fingerprint density at radius 3 is 2.62 bits per heavy atom. The molecule has 2 rings (SSSR count). The number of ether oxygens (including phenoxy) is 2. The van der Waals surface area contributed by atoms with Crippen LogP contribution in [0, 0.1) is 5.92 Å². The van der Waals surface area contributed by atoms with Crippen molar-refractivity contribution in [1.29, 1.82) is 0 Å². The van der Waals surface area contributed by atoms with Gasteiger partial charge in [0.15, 0.2) is 0 Å². The molecular formula is C20H31N3O6. The molecular weight excluding hydrogens is 378 g/mol. The fourth-order valence-electron chi connectivity index (χ4n) is 2.96. The first-order chi connectivity index (χ1) is 13.6. The highest BCUT2D eigenvalue weighted by molar-refractivity contribution is 5.67. The molecule has 1 fully saturated rings. The molecule has 0 radical (unpaired) electrons. The van der Waals surface area contributed by atoms with Crippen molar-refractivity contribution in [2.45, 2.75) is 51.7 Å². The van der Waals surface area contributed by atoms with Gasteiger partial charge in [0, 0.05) is 25.7 Å². The third-order valence-electron chi connectivity index (χ3n) is 4.52. The van der Waals surface area contributed by atoms with E-state index in [0.29, 0.717) is 37.7 Å². The largest absolute Gasteiger partial charge is 0.477 e. The van der Waals surface area contributed by atoms with E-state index in [4.69, 9.17) is 14.6 Å². The first-order valence-electron chi connectivity index (χ1n) is 9.86. The Kier molecular flexibility index (Phi) is 8.07. The zero-order valence-corrected chi connectivity index (χ0v) is 17.3. The molecule has 9 nitrogen and oxygen atoms in total.